The lowest BCUT2D eigenvalue weighted by molar-refractivity contribution is 0.0193. The summed E-state index contributed by atoms with van der Waals surface area (Å²) in [4.78, 5) is 14.4. The van der Waals surface area contributed by atoms with Gasteiger partial charge >= 0.3 is 6.09 Å². The Morgan fingerprint density at radius 2 is 1.24 bits per heavy atom. The molecule has 1 aliphatic heterocycles. The predicted octanol–water partition coefficient (Wildman–Crippen LogP) is 5.83. The van der Waals surface area contributed by atoms with Crippen LogP contribution in [-0.2, 0) is 4.74 Å². The van der Waals surface area contributed by atoms with Gasteiger partial charge in [0.05, 0.1) is 7.26 Å². The van der Waals surface area contributed by atoms with Crippen LogP contribution in [0, 0.1) is 12.3 Å². The Morgan fingerprint density at radius 1 is 0.824 bits per heavy atom. The van der Waals surface area contributed by atoms with Gasteiger partial charge in [-0.25, -0.2) is 4.79 Å². The van der Waals surface area contributed by atoms with Gasteiger partial charge in [-0.05, 0) is 63.3 Å². The maximum absolute atomic E-state index is 12.5. The molecule has 0 saturated carbocycles. The van der Waals surface area contributed by atoms with Crippen LogP contribution in [0.3, 0.4) is 0 Å². The van der Waals surface area contributed by atoms with Crippen molar-refractivity contribution in [2.75, 3.05) is 19.3 Å². The van der Waals surface area contributed by atoms with Crippen molar-refractivity contribution < 1.29 is 9.53 Å². The van der Waals surface area contributed by atoms with Crippen LogP contribution in [0.1, 0.15) is 33.6 Å². The molecule has 3 nitrogen and oxygen atoms in total. The minimum Gasteiger partial charge on any atom is -0.444 e. The minimum absolute atomic E-state index is 0.189. The minimum atomic E-state index is -1.84. The molecule has 0 bridgehead atoms. The van der Waals surface area contributed by atoms with Crippen molar-refractivity contribution >= 4 is 29.3 Å². The first kappa shape index (κ1) is 24.5. The highest BCUT2D eigenvalue weighted by molar-refractivity contribution is 7.95. The molecule has 178 valence electrons. The number of benzene rings is 3. The van der Waals surface area contributed by atoms with Gasteiger partial charge in [0.25, 0.3) is 0 Å². The molecule has 0 aromatic heterocycles. The molecule has 0 unspecified atom stereocenters. The standard InChI is InChI=1S/C30H36NO2P/c1-30(2,3)33-29(32)31-22-19-25(20-23-31)21-24-34(26-13-7-4-8-14-26,27-15-9-5-10-16-27)28-17-11-6-12-18-28/h4-18,21,25H,19-20,22-24H2,1-3H3. The van der Waals surface area contributed by atoms with E-state index >= 15 is 0 Å². The van der Waals surface area contributed by atoms with Crippen LogP contribution in [0.2, 0.25) is 0 Å². The number of hydrogen-bond acceptors (Lipinski definition) is 2. The third-order valence-electron chi connectivity index (χ3n) is 6.49. The lowest BCUT2D eigenvalue weighted by Gasteiger charge is -2.39. The van der Waals surface area contributed by atoms with Gasteiger partial charge in [0.15, 0.2) is 0 Å². The molecule has 0 radical (unpaired) electrons. The summed E-state index contributed by atoms with van der Waals surface area (Å²) in [6.45, 7) is 7.27. The van der Waals surface area contributed by atoms with E-state index < -0.39 is 12.9 Å². The third kappa shape index (κ3) is 5.70. The first-order valence-corrected chi connectivity index (χ1v) is 14.2. The van der Waals surface area contributed by atoms with E-state index in [1.54, 1.807) is 0 Å². The molecular weight excluding hydrogens is 437 g/mol. The molecule has 1 fully saturated rings. The Labute approximate surface area is 205 Å². The van der Waals surface area contributed by atoms with Crippen LogP contribution >= 0.6 is 7.26 Å². The number of carbonyl (C=O) groups is 1. The van der Waals surface area contributed by atoms with E-state index in [1.807, 2.05) is 25.7 Å². The number of likely N-dealkylation sites (tertiary alicyclic amines) is 1. The first-order chi connectivity index (χ1) is 16.4. The van der Waals surface area contributed by atoms with Crippen molar-refractivity contribution in [3.8, 4) is 0 Å². The summed E-state index contributed by atoms with van der Waals surface area (Å²) in [7, 11) is -1.84. The topological polar surface area (TPSA) is 29.5 Å². The van der Waals surface area contributed by atoms with E-state index in [0.29, 0.717) is 5.92 Å². The molecule has 1 aliphatic rings. The van der Waals surface area contributed by atoms with Crippen molar-refractivity contribution in [2.24, 2.45) is 5.92 Å². The lowest BCUT2D eigenvalue weighted by atomic mass is 9.94. The van der Waals surface area contributed by atoms with Crippen LogP contribution in [-0.4, -0.2) is 35.8 Å². The number of carbonyl (C=O) groups excluding carboxylic acids is 1. The summed E-state index contributed by atoms with van der Waals surface area (Å²) in [5.41, 5.74) is -0.453. The summed E-state index contributed by atoms with van der Waals surface area (Å²) >= 11 is 0. The molecule has 0 spiro atoms. The van der Waals surface area contributed by atoms with Gasteiger partial charge in [0.2, 0.25) is 0 Å². The highest BCUT2D eigenvalue weighted by Gasteiger charge is 2.42. The van der Waals surface area contributed by atoms with Crippen molar-refractivity contribution in [1.82, 2.24) is 4.90 Å². The Hall–Kier alpha value is -2.64. The monoisotopic (exact) mass is 473 g/mol. The van der Waals surface area contributed by atoms with Crippen molar-refractivity contribution in [1.29, 1.82) is 0 Å². The van der Waals surface area contributed by atoms with Gasteiger partial charge in [-0.2, -0.15) is 5.92 Å². The summed E-state index contributed by atoms with van der Waals surface area (Å²) in [6.07, 6.45) is 5.34. The molecule has 0 atom stereocenters. The van der Waals surface area contributed by atoms with Crippen LogP contribution in [0.25, 0.3) is 0 Å². The lowest BCUT2D eigenvalue weighted by Crippen LogP contribution is -2.42. The van der Waals surface area contributed by atoms with Gasteiger partial charge < -0.3 is 9.64 Å². The molecule has 0 N–H and O–H groups in total. The zero-order valence-electron chi connectivity index (χ0n) is 20.6. The molecular formula is C30H36NO2P. The molecule has 3 aromatic carbocycles. The smallest absolute Gasteiger partial charge is 0.410 e. The molecule has 4 heteroatoms. The second-order valence-corrected chi connectivity index (χ2v) is 13.6. The molecule has 3 aromatic rings. The Bertz CT molecular complexity index is 943. The maximum Gasteiger partial charge on any atom is 0.410 e. The van der Waals surface area contributed by atoms with Gasteiger partial charge in [0.1, 0.15) is 21.5 Å². The first-order valence-electron chi connectivity index (χ1n) is 12.2. The zero-order valence-corrected chi connectivity index (χ0v) is 21.5. The van der Waals surface area contributed by atoms with Gasteiger partial charge in [-0.1, -0.05) is 67.4 Å². The van der Waals surface area contributed by atoms with Crippen molar-refractivity contribution in [2.45, 2.75) is 39.2 Å². The Morgan fingerprint density at radius 3 is 1.62 bits per heavy atom. The highest BCUT2D eigenvalue weighted by Crippen LogP contribution is 2.56. The second-order valence-electron chi connectivity index (χ2n) is 10.0. The summed E-state index contributed by atoms with van der Waals surface area (Å²) in [5.74, 6) is 0.495. The number of hydrogen-bond donors (Lipinski definition) is 0. The number of nitrogens with zero attached hydrogens (tertiary/aromatic N) is 1. The third-order valence-corrected chi connectivity index (χ3v) is 10.8. The molecule has 0 aliphatic carbocycles. The van der Waals surface area contributed by atoms with Gasteiger partial charge in [-0.3, -0.25) is 6.42 Å². The normalized spacial score (nSPS) is 15.2. The van der Waals surface area contributed by atoms with E-state index in [9.17, 15) is 4.79 Å². The maximum atomic E-state index is 12.5. The molecule has 1 saturated heterocycles. The van der Waals surface area contributed by atoms with Crippen LogP contribution < -0.4 is 15.9 Å². The summed E-state index contributed by atoms with van der Waals surface area (Å²) in [6, 6.07) is 33.1. The summed E-state index contributed by atoms with van der Waals surface area (Å²) < 4.78 is 5.58. The highest BCUT2D eigenvalue weighted by atomic mass is 31.2. The number of amides is 1. The SMILES string of the molecule is CC(C)(C)OC(=O)N1CCC([CH-]C[P+](c2ccccc2)(c2ccccc2)c2ccccc2)CC1. The Kier molecular flexibility index (Phi) is 7.73. The molecule has 4 rings (SSSR count). The molecule has 34 heavy (non-hydrogen) atoms. The van der Waals surface area contributed by atoms with E-state index in [4.69, 9.17) is 4.74 Å². The van der Waals surface area contributed by atoms with Crippen LogP contribution in [0.15, 0.2) is 91.0 Å². The quantitative estimate of drug-likeness (QED) is 0.333. The zero-order chi connectivity index (χ0) is 24.0. The van der Waals surface area contributed by atoms with E-state index in [-0.39, 0.29) is 6.09 Å². The average Bonchev–Trinajstić information content (AvgIpc) is 2.86. The predicted molar refractivity (Wildman–Crippen MR) is 145 cm³/mol. The molecule has 1 amide bonds. The summed E-state index contributed by atoms with van der Waals surface area (Å²) in [5, 5.41) is 4.24. The fourth-order valence-corrected chi connectivity index (χ4v) is 8.95. The number of piperidine rings is 1. The van der Waals surface area contributed by atoms with E-state index in [2.05, 4.69) is 97.4 Å². The fourth-order valence-electron chi connectivity index (χ4n) is 4.76. The molecule has 1 heterocycles. The fraction of sp³-hybridized carbons (Fsp3) is 0.333. The van der Waals surface area contributed by atoms with E-state index in [1.165, 1.54) is 15.9 Å². The average molecular weight is 474 g/mol. The number of rotatable bonds is 6. The van der Waals surface area contributed by atoms with Crippen molar-refractivity contribution in [3.05, 3.63) is 97.4 Å². The van der Waals surface area contributed by atoms with Crippen molar-refractivity contribution in [3.63, 3.8) is 0 Å². The van der Waals surface area contributed by atoms with Gasteiger partial charge in [-0.15, -0.1) is 0 Å². The number of ether oxygens (including phenoxy) is 1. The second kappa shape index (κ2) is 10.7. The largest absolute Gasteiger partial charge is 0.444 e. The Balaban J connectivity index is 1.57. The van der Waals surface area contributed by atoms with Crippen LogP contribution in [0.4, 0.5) is 4.79 Å². The van der Waals surface area contributed by atoms with Gasteiger partial charge in [0, 0.05) is 13.1 Å². The van der Waals surface area contributed by atoms with E-state index in [0.717, 1.165) is 32.1 Å². The van der Waals surface area contributed by atoms with Crippen LogP contribution in [0.5, 0.6) is 0 Å².